The number of rotatable bonds is 6. The fraction of sp³-hybridized carbons (Fsp3) is 0.250. The van der Waals surface area contributed by atoms with Crippen LogP contribution in [0.3, 0.4) is 0 Å². The fourth-order valence-corrected chi connectivity index (χ4v) is 4.94. The average Bonchev–Trinajstić information content (AvgIpc) is 3.29. The summed E-state index contributed by atoms with van der Waals surface area (Å²) in [5.74, 6) is 0.136. The van der Waals surface area contributed by atoms with Crippen molar-refractivity contribution >= 4 is 33.1 Å². The van der Waals surface area contributed by atoms with E-state index in [1.165, 1.54) is 39.2 Å². The van der Waals surface area contributed by atoms with Gasteiger partial charge in [-0.3, -0.25) is 4.79 Å². The van der Waals surface area contributed by atoms with Crippen molar-refractivity contribution in [2.45, 2.75) is 31.7 Å². The first-order valence-electron chi connectivity index (χ1n) is 11.3. The number of nitrogens with zero attached hydrogens (tertiary/aromatic N) is 1. The highest BCUT2D eigenvalue weighted by Gasteiger charge is 2.24. The van der Waals surface area contributed by atoms with E-state index in [0.717, 1.165) is 19.4 Å². The van der Waals surface area contributed by atoms with Crippen molar-refractivity contribution in [2.24, 2.45) is 0 Å². The summed E-state index contributed by atoms with van der Waals surface area (Å²) in [7, 11) is 0. The first-order valence-corrected chi connectivity index (χ1v) is 11.3. The van der Waals surface area contributed by atoms with Gasteiger partial charge in [0, 0.05) is 31.2 Å². The number of aryl methyl sites for hydroxylation is 1. The zero-order chi connectivity index (χ0) is 21.0. The first kappa shape index (κ1) is 19.6. The normalized spacial score (nSPS) is 16.1. The Balaban J connectivity index is 1.27. The zero-order valence-electron chi connectivity index (χ0n) is 17.8. The second kappa shape index (κ2) is 8.81. The van der Waals surface area contributed by atoms with Crippen LogP contribution in [0.2, 0.25) is 0 Å². The van der Waals surface area contributed by atoms with Crippen molar-refractivity contribution in [3.05, 3.63) is 90.5 Å². The molecule has 4 aromatic rings. The Kier molecular flexibility index (Phi) is 5.57. The standard InChI is InChI=1S/C28H28N2O/c31-28(29-20-24-13-8-18-30(24)23-11-2-1-3-12-23)17-16-27-25-14-6-4-9-21(25)19-22-10-5-7-15-26(22)27/h1-7,9-12,14-15,19,24H,8,13,16-18,20H2,(H,29,31). The van der Waals surface area contributed by atoms with Gasteiger partial charge in [-0.05, 0) is 64.6 Å². The maximum Gasteiger partial charge on any atom is 0.220 e. The Morgan fingerprint density at radius 3 is 2.23 bits per heavy atom. The summed E-state index contributed by atoms with van der Waals surface area (Å²) in [4.78, 5) is 15.2. The summed E-state index contributed by atoms with van der Waals surface area (Å²) in [6.07, 6.45) is 3.57. The van der Waals surface area contributed by atoms with E-state index in [1.54, 1.807) is 0 Å². The van der Waals surface area contributed by atoms with Crippen LogP contribution in [0, 0.1) is 0 Å². The van der Waals surface area contributed by atoms with Gasteiger partial charge in [-0.2, -0.15) is 0 Å². The number of fused-ring (bicyclic) bond motifs is 2. The average molecular weight is 409 g/mol. The van der Waals surface area contributed by atoms with E-state index in [4.69, 9.17) is 0 Å². The van der Waals surface area contributed by atoms with Crippen LogP contribution in [0.5, 0.6) is 0 Å². The molecule has 0 spiro atoms. The van der Waals surface area contributed by atoms with Crippen molar-refractivity contribution in [3.63, 3.8) is 0 Å². The Morgan fingerprint density at radius 1 is 0.871 bits per heavy atom. The number of amides is 1. The molecule has 1 aliphatic heterocycles. The molecule has 0 aliphatic carbocycles. The van der Waals surface area contributed by atoms with E-state index in [2.05, 4.69) is 89.1 Å². The van der Waals surface area contributed by atoms with Gasteiger partial charge in [0.25, 0.3) is 0 Å². The van der Waals surface area contributed by atoms with Gasteiger partial charge in [0.2, 0.25) is 5.91 Å². The lowest BCUT2D eigenvalue weighted by Crippen LogP contribution is -2.40. The largest absolute Gasteiger partial charge is 0.367 e. The topological polar surface area (TPSA) is 32.3 Å². The van der Waals surface area contributed by atoms with Crippen LogP contribution in [0.4, 0.5) is 5.69 Å². The van der Waals surface area contributed by atoms with E-state index in [-0.39, 0.29) is 5.91 Å². The zero-order valence-corrected chi connectivity index (χ0v) is 17.8. The van der Waals surface area contributed by atoms with Crippen molar-refractivity contribution < 1.29 is 4.79 Å². The molecule has 1 fully saturated rings. The third-order valence-electron chi connectivity index (χ3n) is 6.48. The number of carbonyl (C=O) groups is 1. The number of benzene rings is 4. The van der Waals surface area contributed by atoms with E-state index in [0.29, 0.717) is 19.0 Å². The Morgan fingerprint density at radius 2 is 1.52 bits per heavy atom. The Labute approximate surface area is 183 Å². The highest BCUT2D eigenvalue weighted by Crippen LogP contribution is 2.29. The van der Waals surface area contributed by atoms with Gasteiger partial charge in [0.15, 0.2) is 0 Å². The van der Waals surface area contributed by atoms with Crippen molar-refractivity contribution in [1.82, 2.24) is 5.32 Å². The molecule has 0 bridgehead atoms. The van der Waals surface area contributed by atoms with Crippen molar-refractivity contribution in [1.29, 1.82) is 0 Å². The molecule has 3 heteroatoms. The smallest absolute Gasteiger partial charge is 0.220 e. The van der Waals surface area contributed by atoms with Crippen LogP contribution in [-0.2, 0) is 11.2 Å². The lowest BCUT2D eigenvalue weighted by Gasteiger charge is -2.27. The van der Waals surface area contributed by atoms with Crippen LogP contribution in [0.25, 0.3) is 21.5 Å². The Bertz CT molecular complexity index is 1150. The predicted molar refractivity (Wildman–Crippen MR) is 130 cm³/mol. The molecule has 1 aliphatic rings. The molecule has 1 amide bonds. The van der Waals surface area contributed by atoms with Crippen LogP contribution < -0.4 is 10.2 Å². The maximum atomic E-state index is 12.8. The summed E-state index contributed by atoms with van der Waals surface area (Å²) in [6, 6.07) is 30.1. The second-order valence-electron chi connectivity index (χ2n) is 8.43. The summed E-state index contributed by atoms with van der Waals surface area (Å²) in [6.45, 7) is 1.77. The minimum absolute atomic E-state index is 0.136. The summed E-state index contributed by atoms with van der Waals surface area (Å²) >= 11 is 0. The molecule has 0 saturated carbocycles. The first-order chi connectivity index (χ1) is 15.3. The molecule has 4 aromatic carbocycles. The molecular formula is C28H28N2O. The maximum absolute atomic E-state index is 12.8. The molecule has 1 saturated heterocycles. The van der Waals surface area contributed by atoms with Gasteiger partial charge in [-0.15, -0.1) is 0 Å². The molecular weight excluding hydrogens is 380 g/mol. The van der Waals surface area contributed by atoms with E-state index in [1.807, 2.05) is 6.07 Å². The molecule has 0 radical (unpaired) electrons. The van der Waals surface area contributed by atoms with Gasteiger partial charge in [0.1, 0.15) is 0 Å². The third kappa shape index (κ3) is 4.13. The minimum atomic E-state index is 0.136. The van der Waals surface area contributed by atoms with Crippen LogP contribution >= 0.6 is 0 Å². The van der Waals surface area contributed by atoms with Crippen LogP contribution in [-0.4, -0.2) is 25.0 Å². The second-order valence-corrected chi connectivity index (χ2v) is 8.43. The van der Waals surface area contributed by atoms with Gasteiger partial charge in [0.05, 0.1) is 0 Å². The van der Waals surface area contributed by atoms with E-state index < -0.39 is 0 Å². The lowest BCUT2D eigenvalue weighted by atomic mass is 9.94. The van der Waals surface area contributed by atoms with E-state index >= 15 is 0 Å². The molecule has 1 atom stereocenters. The molecule has 0 aromatic heterocycles. The van der Waals surface area contributed by atoms with Crippen LogP contribution in [0.15, 0.2) is 84.9 Å². The number of hydrogen-bond donors (Lipinski definition) is 1. The predicted octanol–water partition coefficient (Wildman–Crippen LogP) is 5.71. The third-order valence-corrected chi connectivity index (χ3v) is 6.48. The number of carbonyl (C=O) groups excluding carboxylic acids is 1. The molecule has 3 nitrogen and oxygen atoms in total. The van der Waals surface area contributed by atoms with Crippen molar-refractivity contribution in [2.75, 3.05) is 18.0 Å². The SMILES string of the molecule is O=C(CCc1c2ccccc2cc2ccccc12)NCC1CCCN1c1ccccc1. The monoisotopic (exact) mass is 408 g/mol. The molecule has 5 rings (SSSR count). The van der Waals surface area contributed by atoms with Gasteiger partial charge >= 0.3 is 0 Å². The molecule has 156 valence electrons. The van der Waals surface area contributed by atoms with Gasteiger partial charge in [-0.25, -0.2) is 0 Å². The van der Waals surface area contributed by atoms with Crippen LogP contribution in [0.1, 0.15) is 24.8 Å². The highest BCUT2D eigenvalue weighted by atomic mass is 16.1. The van der Waals surface area contributed by atoms with Crippen molar-refractivity contribution in [3.8, 4) is 0 Å². The molecule has 1 N–H and O–H groups in total. The number of hydrogen-bond acceptors (Lipinski definition) is 2. The number of para-hydroxylation sites is 1. The number of anilines is 1. The summed E-state index contributed by atoms with van der Waals surface area (Å²) in [5.41, 5.74) is 2.53. The van der Waals surface area contributed by atoms with E-state index in [9.17, 15) is 4.79 Å². The quantitative estimate of drug-likeness (QED) is 0.414. The number of nitrogens with one attached hydrogen (secondary N) is 1. The van der Waals surface area contributed by atoms with Gasteiger partial charge in [-0.1, -0.05) is 66.7 Å². The Hall–Kier alpha value is -3.33. The highest BCUT2D eigenvalue weighted by molar-refractivity contribution is 6.02. The lowest BCUT2D eigenvalue weighted by molar-refractivity contribution is -0.121. The fourth-order valence-electron chi connectivity index (χ4n) is 4.94. The van der Waals surface area contributed by atoms with Gasteiger partial charge < -0.3 is 10.2 Å². The summed E-state index contributed by atoms with van der Waals surface area (Å²) < 4.78 is 0. The summed E-state index contributed by atoms with van der Waals surface area (Å²) in [5, 5.41) is 8.18. The molecule has 1 unspecified atom stereocenters. The molecule has 1 heterocycles. The molecule has 31 heavy (non-hydrogen) atoms. The minimum Gasteiger partial charge on any atom is -0.367 e.